The van der Waals surface area contributed by atoms with Crippen molar-refractivity contribution in [2.75, 3.05) is 26.2 Å². The van der Waals surface area contributed by atoms with Gasteiger partial charge in [-0.1, -0.05) is 298 Å². The maximum absolute atomic E-state index is 13.7. The summed E-state index contributed by atoms with van der Waals surface area (Å²) in [7, 11) is 0. The molecule has 8 heterocycles. The van der Waals surface area contributed by atoms with Gasteiger partial charge >= 0.3 is 0 Å². The molecule has 0 atom stereocenters. The van der Waals surface area contributed by atoms with E-state index in [2.05, 4.69) is 173 Å². The van der Waals surface area contributed by atoms with E-state index in [1.165, 1.54) is 95.0 Å². The lowest BCUT2D eigenvalue weighted by molar-refractivity contribution is -0.122. The lowest BCUT2D eigenvalue weighted by Crippen LogP contribution is -2.27. The molecule has 4 amide bonds. The predicted molar refractivity (Wildman–Crippen MR) is 498 cm³/mol. The van der Waals surface area contributed by atoms with Crippen LogP contribution in [0, 0.1) is 0 Å². The molecule has 0 aliphatic carbocycles. The quantitative estimate of drug-likeness (QED) is 0.0162. The Bertz CT molecular complexity index is 4300. The van der Waals surface area contributed by atoms with Crippen molar-refractivity contribution in [3.63, 3.8) is 0 Å². The number of hydrogen-bond acceptors (Lipinski definition) is 16. The van der Waals surface area contributed by atoms with Crippen LogP contribution in [0.1, 0.15) is 222 Å². The summed E-state index contributed by atoms with van der Waals surface area (Å²) in [6.07, 6.45) is 30.2. The molecular weight excluding hydrogens is 1590 g/mol. The van der Waals surface area contributed by atoms with Crippen LogP contribution in [0.15, 0.2) is 141 Å². The number of unbranched alkanes of at least 4 members (excludes halogenated alkanes) is 12. The Morgan fingerprint density at radius 3 is 0.664 bits per heavy atom. The van der Waals surface area contributed by atoms with E-state index in [-0.39, 0.29) is 23.6 Å². The number of benzene rings is 4. The Kier molecular flexibility index (Phi) is 30.2. The Morgan fingerprint density at radius 1 is 0.291 bits per heavy atom. The van der Waals surface area contributed by atoms with Crippen molar-refractivity contribution in [2.24, 2.45) is 0 Å². The summed E-state index contributed by atoms with van der Waals surface area (Å²) >= 11 is 35.4. The first kappa shape index (κ1) is 83.4. The van der Waals surface area contributed by atoms with E-state index in [0.29, 0.717) is 63.1 Å². The highest BCUT2D eigenvalue weighted by atomic mass is 32.2. The number of likely N-dealkylation sites (N-methyl/N-ethyl adjacent to an activating group) is 4. The standard InChI is InChI=1S/C90H96N4O4S12/c1-9-17-21-25-29-65-49-69(103-73(65)53-77-83(95)91(13-5)87(99)107-77)57-33-41-61(42-34-57)81(62-43-35-58(36-44-62)70-50-66(30-26-22-18-10-2)74(104-70)54-78-84(96)92(14-6)88(100)108-78)82(63-45-37-59(38-46-63)71-51-67(31-27-23-19-11-3)75(105-71)55-79-85(97)93(15-7)89(101)109-79)64-47-39-60(40-48-64)72-52-68(32-28-24-20-12-4)76(106-72)56-80-86(98)94(16-8)90(102)110-80/h33-56H,9-32H2,1-8H3/b77-53-,78-54-,79-55-,80-56+. The van der Waals surface area contributed by atoms with Crippen molar-refractivity contribution < 1.29 is 19.2 Å². The smallest absolute Gasteiger partial charge is 0.266 e. The Labute approximate surface area is 706 Å². The van der Waals surface area contributed by atoms with Crippen LogP contribution < -0.4 is 0 Å². The van der Waals surface area contributed by atoms with Gasteiger partial charge in [0, 0.05) is 65.2 Å². The monoisotopic (exact) mass is 1680 g/mol. The average Bonchev–Trinajstić information content (AvgIpc) is 0.932. The molecule has 4 aromatic heterocycles. The molecule has 572 valence electrons. The average molecular weight is 1680 g/mol. The van der Waals surface area contributed by atoms with E-state index >= 15 is 0 Å². The van der Waals surface area contributed by atoms with Crippen molar-refractivity contribution >= 4 is 218 Å². The van der Waals surface area contributed by atoms with Gasteiger partial charge in [-0.25, -0.2) is 0 Å². The normalized spacial score (nSPS) is 16.3. The number of carbonyl (C=O) groups excluding carboxylic acids is 4. The third-order valence-electron chi connectivity index (χ3n) is 20.5. The maximum atomic E-state index is 13.7. The number of thiocarbonyl (C=S) groups is 4. The van der Waals surface area contributed by atoms with Gasteiger partial charge in [0.2, 0.25) is 0 Å². The van der Waals surface area contributed by atoms with Crippen molar-refractivity contribution in [2.45, 2.75) is 184 Å². The zero-order valence-corrected chi connectivity index (χ0v) is 73.9. The number of aryl methyl sites for hydroxylation is 4. The fraction of sp³-hybridized carbons (Fsp3) is 0.356. The van der Waals surface area contributed by atoms with Gasteiger partial charge in [0.15, 0.2) is 0 Å². The summed E-state index contributed by atoms with van der Waals surface area (Å²) in [6.45, 7) is 19.1. The first-order valence-electron chi connectivity index (χ1n) is 39.2. The van der Waals surface area contributed by atoms with Gasteiger partial charge in [-0.2, -0.15) is 0 Å². The van der Waals surface area contributed by atoms with Crippen LogP contribution in [0.3, 0.4) is 0 Å². The molecule has 8 aromatic rings. The molecule has 110 heavy (non-hydrogen) atoms. The van der Waals surface area contributed by atoms with Gasteiger partial charge in [-0.3, -0.25) is 38.8 Å². The second-order valence-electron chi connectivity index (χ2n) is 28.0. The Balaban J connectivity index is 1.02. The van der Waals surface area contributed by atoms with Crippen LogP contribution in [-0.2, 0) is 44.9 Å². The zero-order chi connectivity index (χ0) is 77.5. The van der Waals surface area contributed by atoms with Gasteiger partial charge in [0.25, 0.3) is 23.6 Å². The molecule has 0 spiro atoms. The molecule has 0 saturated carbocycles. The number of carbonyl (C=O) groups is 4. The van der Waals surface area contributed by atoms with Crippen LogP contribution in [0.5, 0.6) is 0 Å². The predicted octanol–water partition coefficient (Wildman–Crippen LogP) is 27.0. The molecule has 0 bridgehead atoms. The first-order chi connectivity index (χ1) is 53.5. The summed E-state index contributed by atoms with van der Waals surface area (Å²) in [6, 6.07) is 45.9. The molecule has 0 N–H and O–H groups in total. The van der Waals surface area contributed by atoms with Gasteiger partial charge in [-0.05, 0) is 206 Å². The van der Waals surface area contributed by atoms with Crippen LogP contribution >= 0.6 is 141 Å². The van der Waals surface area contributed by atoms with E-state index in [1.54, 1.807) is 64.9 Å². The van der Waals surface area contributed by atoms with Crippen molar-refractivity contribution in [1.82, 2.24) is 19.6 Å². The second kappa shape index (κ2) is 39.9. The number of rotatable bonds is 36. The van der Waals surface area contributed by atoms with Crippen molar-refractivity contribution in [1.29, 1.82) is 0 Å². The van der Waals surface area contributed by atoms with Crippen molar-refractivity contribution in [3.8, 4) is 41.8 Å². The highest BCUT2D eigenvalue weighted by molar-refractivity contribution is 8.28. The third-order valence-corrected chi connectivity index (χ3v) is 30.7. The van der Waals surface area contributed by atoms with E-state index in [1.807, 2.05) is 27.7 Å². The second-order valence-corrected chi connectivity index (χ2v) is 39.0. The molecular formula is C90H96N4O4S12. The van der Waals surface area contributed by atoms with Crippen LogP contribution in [0.4, 0.5) is 0 Å². The summed E-state index contributed by atoms with van der Waals surface area (Å²) in [4.78, 5) is 73.4. The Morgan fingerprint density at radius 2 is 0.491 bits per heavy atom. The fourth-order valence-corrected chi connectivity index (χ4v) is 24.7. The number of nitrogens with zero attached hydrogens (tertiary/aromatic N) is 4. The zero-order valence-electron chi connectivity index (χ0n) is 64.1. The molecule has 12 rings (SSSR count). The van der Waals surface area contributed by atoms with Crippen molar-refractivity contribution in [3.05, 3.63) is 205 Å². The molecule has 4 aliphatic rings. The minimum absolute atomic E-state index is 0.0252. The minimum Gasteiger partial charge on any atom is -0.293 e. The van der Waals surface area contributed by atoms with Crippen LogP contribution in [0.2, 0.25) is 0 Å². The van der Waals surface area contributed by atoms with Crippen LogP contribution in [-0.4, -0.2) is 86.7 Å². The van der Waals surface area contributed by atoms with Gasteiger partial charge in [-0.15, -0.1) is 45.3 Å². The molecule has 20 heteroatoms. The molecule has 0 unspecified atom stereocenters. The lowest BCUT2D eigenvalue weighted by atomic mass is 9.84. The maximum Gasteiger partial charge on any atom is 0.266 e. The molecule has 4 fully saturated rings. The van der Waals surface area contributed by atoms with E-state index < -0.39 is 0 Å². The number of thiophene rings is 4. The topological polar surface area (TPSA) is 81.2 Å². The molecule has 4 aromatic carbocycles. The molecule has 4 saturated heterocycles. The summed E-state index contributed by atoms with van der Waals surface area (Å²) in [5.74, 6) is -0.101. The minimum atomic E-state index is -0.0252. The third kappa shape index (κ3) is 19.7. The van der Waals surface area contributed by atoms with Gasteiger partial charge in [0.05, 0.1) is 19.6 Å². The lowest BCUT2D eigenvalue weighted by Gasteiger charge is -2.19. The summed E-state index contributed by atoms with van der Waals surface area (Å²) in [5.41, 5.74) is 15.8. The highest BCUT2D eigenvalue weighted by Crippen LogP contribution is 2.47. The largest absolute Gasteiger partial charge is 0.293 e. The number of thioether (sulfide) groups is 4. The van der Waals surface area contributed by atoms with E-state index in [4.69, 9.17) is 48.9 Å². The first-order valence-corrected chi connectivity index (χ1v) is 47.3. The SMILES string of the molecule is CCCCCCc1cc(-c2ccc(C(=C(c3ccc(-c4cc(CCCCCC)c(/C=C5\SC(=S)N(CC)C5=O)s4)cc3)c3ccc(-c4cc(CCCCCC)c(/C=C5/SC(=S)N(CC)C5=O)s4)cc3)c3ccc(-c4cc(CCCCCC)c(/C=C5\SC(=S)N(CC)C5=O)s4)cc3)cc2)sc1/C=C1\SC(=S)N(CC)C1=O. The summed E-state index contributed by atoms with van der Waals surface area (Å²) in [5, 5.41) is 0. The van der Waals surface area contributed by atoms with E-state index in [9.17, 15) is 19.2 Å². The Hall–Kier alpha value is -5.98. The molecule has 4 aliphatic heterocycles. The fourth-order valence-electron chi connectivity index (χ4n) is 14.3. The van der Waals surface area contributed by atoms with E-state index in [0.717, 1.165) is 197 Å². The molecule has 0 radical (unpaired) electrons. The summed E-state index contributed by atoms with van der Waals surface area (Å²) < 4.78 is 2.42. The number of hydrogen-bond donors (Lipinski definition) is 0. The molecule has 8 nitrogen and oxygen atoms in total. The highest BCUT2D eigenvalue weighted by Gasteiger charge is 2.35. The van der Waals surface area contributed by atoms with Gasteiger partial charge in [0.1, 0.15) is 17.3 Å². The van der Waals surface area contributed by atoms with Gasteiger partial charge < -0.3 is 0 Å². The van der Waals surface area contributed by atoms with Crippen LogP contribution in [0.25, 0.3) is 77.2 Å². The number of amides is 4.